The number of amides is 1. The van der Waals surface area contributed by atoms with Crippen LogP contribution in [-0.4, -0.2) is 11.9 Å². The molecule has 1 saturated carbocycles. The second-order valence-corrected chi connectivity index (χ2v) is 5.83. The van der Waals surface area contributed by atoms with E-state index in [2.05, 4.69) is 33.0 Å². The summed E-state index contributed by atoms with van der Waals surface area (Å²) < 4.78 is 5.06. The second-order valence-electron chi connectivity index (χ2n) is 5.45. The maximum atomic E-state index is 11.8. The minimum atomic E-state index is -0.199. The van der Waals surface area contributed by atoms with Gasteiger partial charge in [-0.1, -0.05) is 27.7 Å². The quantitative estimate of drug-likeness (QED) is 0.865. The van der Waals surface area contributed by atoms with Gasteiger partial charge in [0.05, 0.1) is 0 Å². The normalized spacial score (nSPS) is 21.8. The number of hydrogen-bond acceptors (Lipinski definition) is 2. The molecule has 1 amide bonds. The summed E-state index contributed by atoms with van der Waals surface area (Å²) in [7, 11) is 0. The molecule has 88 valence electrons. The molecular weight excluding hydrogens is 226 g/mol. The van der Waals surface area contributed by atoms with E-state index in [0.717, 1.165) is 0 Å². The fourth-order valence-electron chi connectivity index (χ4n) is 2.20. The SMILES string of the molecule is CC1(C)C(NC(=O)c2ccc(Cl)o2)C1(C)C. The fraction of sp³-hybridized carbons (Fsp3) is 0.583. The molecule has 0 saturated heterocycles. The summed E-state index contributed by atoms with van der Waals surface area (Å²) in [4.78, 5) is 11.8. The number of furan rings is 1. The molecule has 0 unspecified atom stereocenters. The lowest BCUT2D eigenvalue weighted by Crippen LogP contribution is -2.29. The lowest BCUT2D eigenvalue weighted by atomic mass is 10.0. The second kappa shape index (κ2) is 3.27. The molecule has 0 aromatic carbocycles. The molecule has 0 spiro atoms. The van der Waals surface area contributed by atoms with Crippen LogP contribution in [0, 0.1) is 10.8 Å². The topological polar surface area (TPSA) is 42.2 Å². The van der Waals surface area contributed by atoms with Crippen molar-refractivity contribution < 1.29 is 9.21 Å². The van der Waals surface area contributed by atoms with Crippen LogP contribution in [0.15, 0.2) is 16.5 Å². The molecule has 0 bridgehead atoms. The Balaban J connectivity index is 2.06. The van der Waals surface area contributed by atoms with E-state index in [9.17, 15) is 4.79 Å². The molecule has 1 aliphatic carbocycles. The maximum absolute atomic E-state index is 11.8. The lowest BCUT2D eigenvalue weighted by Gasteiger charge is -2.04. The summed E-state index contributed by atoms with van der Waals surface area (Å²) in [5.74, 6) is 0.0686. The molecule has 1 aromatic heterocycles. The first-order valence-corrected chi connectivity index (χ1v) is 5.71. The summed E-state index contributed by atoms with van der Waals surface area (Å²) in [6, 6.07) is 3.33. The van der Waals surface area contributed by atoms with E-state index in [-0.39, 0.29) is 33.8 Å². The van der Waals surface area contributed by atoms with Gasteiger partial charge in [0.2, 0.25) is 0 Å². The average molecular weight is 242 g/mol. The molecule has 1 N–H and O–H groups in total. The number of carbonyl (C=O) groups is 1. The molecular formula is C12H16ClNO2. The first-order valence-electron chi connectivity index (χ1n) is 5.33. The number of halogens is 1. The number of hydrogen-bond donors (Lipinski definition) is 1. The van der Waals surface area contributed by atoms with Crippen LogP contribution in [-0.2, 0) is 0 Å². The predicted molar refractivity (Wildman–Crippen MR) is 62.5 cm³/mol. The largest absolute Gasteiger partial charge is 0.440 e. The maximum Gasteiger partial charge on any atom is 0.287 e. The van der Waals surface area contributed by atoms with Crippen molar-refractivity contribution in [2.24, 2.45) is 10.8 Å². The van der Waals surface area contributed by atoms with Crippen LogP contribution in [0.2, 0.25) is 5.22 Å². The van der Waals surface area contributed by atoms with Crippen molar-refractivity contribution in [2.75, 3.05) is 0 Å². The first-order chi connectivity index (χ1) is 7.26. The van der Waals surface area contributed by atoms with Crippen LogP contribution in [0.3, 0.4) is 0 Å². The van der Waals surface area contributed by atoms with E-state index in [1.807, 2.05) is 0 Å². The molecule has 1 aliphatic rings. The van der Waals surface area contributed by atoms with Gasteiger partial charge in [0, 0.05) is 6.04 Å². The van der Waals surface area contributed by atoms with E-state index in [0.29, 0.717) is 0 Å². The molecule has 4 heteroatoms. The number of carbonyl (C=O) groups excluding carboxylic acids is 1. The highest BCUT2D eigenvalue weighted by atomic mass is 35.5. The molecule has 3 nitrogen and oxygen atoms in total. The van der Waals surface area contributed by atoms with Crippen LogP contribution >= 0.6 is 11.6 Å². The van der Waals surface area contributed by atoms with Crippen molar-refractivity contribution in [2.45, 2.75) is 33.7 Å². The highest BCUT2D eigenvalue weighted by Gasteiger charge is 2.65. The van der Waals surface area contributed by atoms with Gasteiger partial charge in [-0.05, 0) is 34.6 Å². The van der Waals surface area contributed by atoms with Gasteiger partial charge in [-0.2, -0.15) is 0 Å². The molecule has 16 heavy (non-hydrogen) atoms. The highest BCUT2D eigenvalue weighted by Crippen LogP contribution is 2.62. The van der Waals surface area contributed by atoms with Crippen LogP contribution < -0.4 is 5.32 Å². The van der Waals surface area contributed by atoms with Gasteiger partial charge in [0.25, 0.3) is 5.91 Å². The third-order valence-electron chi connectivity index (χ3n) is 4.09. The number of rotatable bonds is 2. The van der Waals surface area contributed by atoms with Crippen molar-refractivity contribution >= 4 is 17.5 Å². The van der Waals surface area contributed by atoms with Crippen LogP contribution in [0.4, 0.5) is 0 Å². The van der Waals surface area contributed by atoms with Crippen LogP contribution in [0.5, 0.6) is 0 Å². The van der Waals surface area contributed by atoms with Crippen molar-refractivity contribution in [3.8, 4) is 0 Å². The molecule has 2 rings (SSSR count). The van der Waals surface area contributed by atoms with Crippen LogP contribution in [0.1, 0.15) is 38.2 Å². The zero-order valence-corrected chi connectivity index (χ0v) is 10.7. The standard InChI is InChI=1S/C12H16ClNO2/c1-11(2)10(12(11,3)4)14-9(15)7-5-6-8(13)16-7/h5-6,10H,1-4H3,(H,14,15). The molecule has 0 aliphatic heterocycles. The van der Waals surface area contributed by atoms with Crippen molar-refractivity contribution in [3.05, 3.63) is 23.1 Å². The zero-order chi connectivity index (χ0) is 12.1. The van der Waals surface area contributed by atoms with Crippen molar-refractivity contribution in [3.63, 3.8) is 0 Å². The molecule has 1 aromatic rings. The van der Waals surface area contributed by atoms with Gasteiger partial charge in [0.15, 0.2) is 11.0 Å². The third-order valence-corrected chi connectivity index (χ3v) is 4.30. The van der Waals surface area contributed by atoms with Gasteiger partial charge >= 0.3 is 0 Å². The van der Waals surface area contributed by atoms with Crippen LogP contribution in [0.25, 0.3) is 0 Å². The predicted octanol–water partition coefficient (Wildman–Crippen LogP) is 3.10. The van der Waals surface area contributed by atoms with Gasteiger partial charge < -0.3 is 9.73 Å². The van der Waals surface area contributed by atoms with E-state index in [1.165, 1.54) is 0 Å². The smallest absolute Gasteiger partial charge is 0.287 e. The Morgan fingerprint density at radius 2 is 1.88 bits per heavy atom. The number of nitrogens with one attached hydrogen (secondary N) is 1. The summed E-state index contributed by atoms with van der Waals surface area (Å²) in [5, 5.41) is 3.21. The molecule has 1 fully saturated rings. The average Bonchev–Trinajstić information content (AvgIpc) is 2.58. The molecule has 0 radical (unpaired) electrons. The first kappa shape index (κ1) is 11.5. The lowest BCUT2D eigenvalue weighted by molar-refractivity contribution is 0.0916. The van der Waals surface area contributed by atoms with Crippen molar-refractivity contribution in [1.29, 1.82) is 0 Å². The summed E-state index contributed by atoms with van der Waals surface area (Å²) >= 11 is 5.62. The molecule has 0 atom stereocenters. The Morgan fingerprint density at radius 1 is 1.31 bits per heavy atom. The van der Waals surface area contributed by atoms with Crippen molar-refractivity contribution in [1.82, 2.24) is 5.32 Å². The highest BCUT2D eigenvalue weighted by molar-refractivity contribution is 6.29. The van der Waals surface area contributed by atoms with E-state index in [4.69, 9.17) is 16.0 Å². The fourth-order valence-corrected chi connectivity index (χ4v) is 2.34. The van der Waals surface area contributed by atoms with Gasteiger partial charge in [-0.15, -0.1) is 0 Å². The monoisotopic (exact) mass is 241 g/mol. The summed E-state index contributed by atoms with van der Waals surface area (Å²) in [5.41, 5.74) is 0.248. The Kier molecular flexibility index (Phi) is 2.35. The minimum absolute atomic E-state index is 0.124. The van der Waals surface area contributed by atoms with Gasteiger partial charge in [-0.3, -0.25) is 4.79 Å². The van der Waals surface area contributed by atoms with Gasteiger partial charge in [-0.25, -0.2) is 0 Å². The summed E-state index contributed by atoms with van der Waals surface area (Å²) in [6.45, 7) is 8.58. The Hall–Kier alpha value is -0.960. The Bertz CT molecular complexity index is 420. The Morgan fingerprint density at radius 3 is 2.25 bits per heavy atom. The zero-order valence-electron chi connectivity index (χ0n) is 9.93. The van der Waals surface area contributed by atoms with Gasteiger partial charge in [0.1, 0.15) is 0 Å². The van der Waals surface area contributed by atoms with E-state index in [1.54, 1.807) is 12.1 Å². The van der Waals surface area contributed by atoms with E-state index < -0.39 is 0 Å². The third kappa shape index (κ3) is 1.54. The molecule has 1 heterocycles. The Labute approximate surface area is 100 Å². The minimum Gasteiger partial charge on any atom is -0.440 e. The van der Waals surface area contributed by atoms with E-state index >= 15 is 0 Å². The summed E-state index contributed by atoms with van der Waals surface area (Å²) in [6.07, 6.45) is 0.